The highest BCUT2D eigenvalue weighted by Crippen LogP contribution is 2.35. The first-order valence-corrected chi connectivity index (χ1v) is 7.65. The molecule has 6 heteroatoms. The van der Waals surface area contributed by atoms with Crippen molar-refractivity contribution in [3.63, 3.8) is 0 Å². The Kier molecular flexibility index (Phi) is 5.16. The lowest BCUT2D eigenvalue weighted by Crippen LogP contribution is -2.31. The van der Waals surface area contributed by atoms with Crippen LogP contribution in [0.2, 0.25) is 0 Å². The summed E-state index contributed by atoms with van der Waals surface area (Å²) >= 11 is 0. The van der Waals surface area contributed by atoms with Gasteiger partial charge in [0.2, 0.25) is 6.79 Å². The van der Waals surface area contributed by atoms with E-state index < -0.39 is 6.10 Å². The summed E-state index contributed by atoms with van der Waals surface area (Å²) in [5.74, 6) is 1.97. The predicted octanol–water partition coefficient (Wildman–Crippen LogP) is 1.82. The van der Waals surface area contributed by atoms with Gasteiger partial charge in [-0.25, -0.2) is 0 Å². The molecule has 0 saturated carbocycles. The molecule has 0 bridgehead atoms. The van der Waals surface area contributed by atoms with Crippen LogP contribution in [0.5, 0.6) is 17.2 Å². The van der Waals surface area contributed by atoms with Gasteiger partial charge in [-0.3, -0.25) is 0 Å². The molecule has 2 N–H and O–H groups in total. The topological polar surface area (TPSA) is 83.7 Å². The van der Waals surface area contributed by atoms with Gasteiger partial charge in [-0.2, -0.15) is 5.26 Å². The summed E-state index contributed by atoms with van der Waals surface area (Å²) in [5.41, 5.74) is 1.62. The number of benzene rings is 2. The van der Waals surface area contributed by atoms with Crippen molar-refractivity contribution < 1.29 is 19.3 Å². The Morgan fingerprint density at radius 1 is 1.21 bits per heavy atom. The molecule has 1 atom stereocenters. The highest BCUT2D eigenvalue weighted by molar-refractivity contribution is 5.46. The number of aliphatic hydroxyl groups is 1. The number of nitrogens with one attached hydrogen (secondary N) is 1. The quantitative estimate of drug-likeness (QED) is 0.807. The Balaban J connectivity index is 1.41. The number of rotatable bonds is 7. The predicted molar refractivity (Wildman–Crippen MR) is 86.9 cm³/mol. The van der Waals surface area contributed by atoms with E-state index in [2.05, 4.69) is 11.4 Å². The van der Waals surface area contributed by atoms with Crippen LogP contribution < -0.4 is 19.5 Å². The molecule has 24 heavy (non-hydrogen) atoms. The summed E-state index contributed by atoms with van der Waals surface area (Å²) in [6, 6.07) is 14.8. The van der Waals surface area contributed by atoms with Crippen molar-refractivity contribution in [3.05, 3.63) is 53.6 Å². The van der Waals surface area contributed by atoms with Crippen LogP contribution in [-0.4, -0.2) is 31.2 Å². The van der Waals surface area contributed by atoms with E-state index in [1.165, 1.54) is 0 Å². The minimum atomic E-state index is -0.644. The molecule has 124 valence electrons. The number of ether oxygens (including phenoxy) is 3. The lowest BCUT2D eigenvalue weighted by Gasteiger charge is -2.13. The van der Waals surface area contributed by atoms with E-state index in [4.69, 9.17) is 19.5 Å². The van der Waals surface area contributed by atoms with Crippen LogP contribution in [0.15, 0.2) is 42.5 Å². The van der Waals surface area contributed by atoms with Crippen molar-refractivity contribution in [3.8, 4) is 23.3 Å². The van der Waals surface area contributed by atoms with Crippen molar-refractivity contribution in [1.29, 1.82) is 5.26 Å². The molecule has 1 aliphatic heterocycles. The molecule has 2 aromatic carbocycles. The van der Waals surface area contributed by atoms with Gasteiger partial charge in [-0.1, -0.05) is 12.1 Å². The summed E-state index contributed by atoms with van der Waals surface area (Å²) in [6.45, 7) is 1.36. The minimum absolute atomic E-state index is 0.172. The summed E-state index contributed by atoms with van der Waals surface area (Å²) in [7, 11) is 0. The molecule has 1 heterocycles. The largest absolute Gasteiger partial charge is 0.491 e. The summed E-state index contributed by atoms with van der Waals surface area (Å²) in [6.07, 6.45) is -0.644. The minimum Gasteiger partial charge on any atom is -0.491 e. The van der Waals surface area contributed by atoms with E-state index in [0.29, 0.717) is 35.9 Å². The lowest BCUT2D eigenvalue weighted by atomic mass is 10.1. The lowest BCUT2D eigenvalue weighted by molar-refractivity contribution is 0.106. The smallest absolute Gasteiger partial charge is 0.231 e. The van der Waals surface area contributed by atoms with E-state index in [-0.39, 0.29) is 13.4 Å². The summed E-state index contributed by atoms with van der Waals surface area (Å²) in [4.78, 5) is 0. The Morgan fingerprint density at radius 2 is 2.08 bits per heavy atom. The standard InChI is InChI=1S/C18H18N2O4/c19-8-13-2-1-3-14(6-13)9-20-10-15(21)11-22-16-4-5-17-18(7-16)24-12-23-17/h1-7,15,20-21H,9-12H2/t15-/m0/s1. The highest BCUT2D eigenvalue weighted by Gasteiger charge is 2.14. The third-order valence-electron chi connectivity index (χ3n) is 3.55. The zero-order valence-corrected chi connectivity index (χ0v) is 13.1. The molecule has 0 spiro atoms. The molecule has 0 fully saturated rings. The first-order chi connectivity index (χ1) is 11.7. The Bertz CT molecular complexity index is 742. The van der Waals surface area contributed by atoms with Crippen LogP contribution >= 0.6 is 0 Å². The first-order valence-electron chi connectivity index (χ1n) is 7.65. The van der Waals surface area contributed by atoms with Gasteiger partial charge in [-0.15, -0.1) is 0 Å². The number of hydrogen-bond donors (Lipinski definition) is 2. The molecule has 0 radical (unpaired) electrons. The molecule has 0 saturated heterocycles. The molecular weight excluding hydrogens is 308 g/mol. The van der Waals surface area contributed by atoms with E-state index >= 15 is 0 Å². The van der Waals surface area contributed by atoms with E-state index in [1.54, 1.807) is 24.3 Å². The zero-order chi connectivity index (χ0) is 16.8. The fraction of sp³-hybridized carbons (Fsp3) is 0.278. The van der Waals surface area contributed by atoms with Crippen LogP contribution in [0.25, 0.3) is 0 Å². The molecule has 0 unspecified atom stereocenters. The number of nitriles is 1. The number of nitrogens with zero attached hydrogens (tertiary/aromatic N) is 1. The molecule has 1 aliphatic rings. The van der Waals surface area contributed by atoms with Gasteiger partial charge in [0, 0.05) is 19.2 Å². The van der Waals surface area contributed by atoms with Crippen LogP contribution in [0.3, 0.4) is 0 Å². The first kappa shape index (κ1) is 16.1. The monoisotopic (exact) mass is 326 g/mol. The maximum atomic E-state index is 9.99. The SMILES string of the molecule is N#Cc1cccc(CNC[C@H](O)COc2ccc3c(c2)OCO3)c1. The normalized spacial score (nSPS) is 13.3. The molecular formula is C18H18N2O4. The molecule has 0 amide bonds. The van der Waals surface area contributed by atoms with Gasteiger partial charge in [-0.05, 0) is 29.8 Å². The molecule has 3 rings (SSSR count). The fourth-order valence-electron chi connectivity index (χ4n) is 2.35. The van der Waals surface area contributed by atoms with Crippen molar-refractivity contribution in [2.45, 2.75) is 12.6 Å². The summed E-state index contributed by atoms with van der Waals surface area (Å²) in [5, 5.41) is 22.0. The summed E-state index contributed by atoms with van der Waals surface area (Å²) < 4.78 is 16.1. The maximum absolute atomic E-state index is 9.99. The molecule has 2 aromatic rings. The Hall–Kier alpha value is -2.75. The van der Waals surface area contributed by atoms with Crippen LogP contribution in [0, 0.1) is 11.3 Å². The van der Waals surface area contributed by atoms with Gasteiger partial charge in [0.1, 0.15) is 18.5 Å². The van der Waals surface area contributed by atoms with Crippen molar-refractivity contribution in [2.75, 3.05) is 19.9 Å². The second kappa shape index (κ2) is 7.68. The van der Waals surface area contributed by atoms with Gasteiger partial charge in [0.15, 0.2) is 11.5 Å². The Morgan fingerprint density at radius 3 is 2.96 bits per heavy atom. The average Bonchev–Trinajstić information content (AvgIpc) is 3.08. The number of fused-ring (bicyclic) bond motifs is 1. The molecule has 0 aliphatic carbocycles. The van der Waals surface area contributed by atoms with Crippen molar-refractivity contribution in [1.82, 2.24) is 5.32 Å². The second-order valence-electron chi connectivity index (χ2n) is 5.42. The van der Waals surface area contributed by atoms with Gasteiger partial charge < -0.3 is 24.6 Å². The van der Waals surface area contributed by atoms with Crippen molar-refractivity contribution in [2.24, 2.45) is 0 Å². The molecule has 6 nitrogen and oxygen atoms in total. The van der Waals surface area contributed by atoms with Gasteiger partial charge in [0.25, 0.3) is 0 Å². The fourth-order valence-corrected chi connectivity index (χ4v) is 2.35. The Labute approximate surface area is 140 Å². The third-order valence-corrected chi connectivity index (χ3v) is 3.55. The molecule has 0 aromatic heterocycles. The number of hydrogen-bond acceptors (Lipinski definition) is 6. The average molecular weight is 326 g/mol. The second-order valence-corrected chi connectivity index (χ2v) is 5.42. The van der Waals surface area contributed by atoms with E-state index in [0.717, 1.165) is 5.56 Å². The number of aliphatic hydroxyl groups excluding tert-OH is 1. The van der Waals surface area contributed by atoms with Crippen LogP contribution in [0.1, 0.15) is 11.1 Å². The van der Waals surface area contributed by atoms with Crippen LogP contribution in [-0.2, 0) is 6.54 Å². The van der Waals surface area contributed by atoms with Crippen molar-refractivity contribution >= 4 is 0 Å². The van der Waals surface area contributed by atoms with Gasteiger partial charge >= 0.3 is 0 Å². The highest BCUT2D eigenvalue weighted by atomic mass is 16.7. The third kappa shape index (κ3) is 4.16. The van der Waals surface area contributed by atoms with E-state index in [1.807, 2.05) is 18.2 Å². The van der Waals surface area contributed by atoms with E-state index in [9.17, 15) is 5.11 Å². The zero-order valence-electron chi connectivity index (χ0n) is 13.1. The van der Waals surface area contributed by atoms with Crippen LogP contribution in [0.4, 0.5) is 0 Å². The van der Waals surface area contributed by atoms with Gasteiger partial charge in [0.05, 0.1) is 11.6 Å². The maximum Gasteiger partial charge on any atom is 0.231 e.